The number of carbonyl (C=O) groups excluding carboxylic acids is 1. The average molecular weight is 370 g/mol. The summed E-state index contributed by atoms with van der Waals surface area (Å²) in [7, 11) is 0. The molecule has 2 aromatic heterocycles. The molecule has 1 aromatic carbocycles. The summed E-state index contributed by atoms with van der Waals surface area (Å²) in [6.07, 6.45) is 1.36. The number of aryl methyl sites for hydroxylation is 2. The highest BCUT2D eigenvalue weighted by Crippen LogP contribution is 2.21. The lowest BCUT2D eigenvalue weighted by Gasteiger charge is -2.12. The standard InChI is InChI=1S/C21H18N6O/c1-12-8-14(10-22)11-25-20(12)21(28)27-15-6-7-17(23)16(9-15)19(24)18-5-3-4-13(2)26-18/h3-9,11,24H,23H2,1-2H3,(H,27,28). The minimum absolute atomic E-state index is 0.171. The van der Waals surface area contributed by atoms with Gasteiger partial charge in [-0.15, -0.1) is 0 Å². The molecule has 0 spiro atoms. The Kier molecular flexibility index (Phi) is 5.14. The van der Waals surface area contributed by atoms with E-state index < -0.39 is 5.91 Å². The largest absolute Gasteiger partial charge is 0.398 e. The topological polar surface area (TPSA) is 129 Å². The minimum atomic E-state index is -0.405. The zero-order valence-corrected chi connectivity index (χ0v) is 15.4. The number of carbonyl (C=O) groups is 1. The summed E-state index contributed by atoms with van der Waals surface area (Å²) in [5.74, 6) is -0.405. The van der Waals surface area contributed by atoms with Crippen LogP contribution >= 0.6 is 0 Å². The molecule has 138 valence electrons. The van der Waals surface area contributed by atoms with E-state index in [9.17, 15) is 4.79 Å². The minimum Gasteiger partial charge on any atom is -0.398 e. The molecule has 3 aromatic rings. The number of nitrogens with one attached hydrogen (secondary N) is 2. The fraction of sp³-hybridized carbons (Fsp3) is 0.0952. The number of anilines is 2. The van der Waals surface area contributed by atoms with E-state index in [1.807, 2.05) is 25.1 Å². The number of nitrogens with two attached hydrogens (primary N) is 1. The fourth-order valence-corrected chi connectivity index (χ4v) is 2.73. The Bertz CT molecular complexity index is 1130. The molecule has 0 aliphatic carbocycles. The molecule has 0 fully saturated rings. The number of hydrogen-bond donors (Lipinski definition) is 3. The third-order valence-electron chi connectivity index (χ3n) is 4.15. The van der Waals surface area contributed by atoms with Crippen molar-refractivity contribution in [1.82, 2.24) is 9.97 Å². The number of amides is 1. The first-order chi connectivity index (χ1) is 13.4. The van der Waals surface area contributed by atoms with Crippen molar-refractivity contribution in [3.63, 3.8) is 0 Å². The summed E-state index contributed by atoms with van der Waals surface area (Å²) in [6, 6.07) is 13.9. The number of nitrogen functional groups attached to an aromatic ring is 1. The first-order valence-electron chi connectivity index (χ1n) is 8.49. The summed E-state index contributed by atoms with van der Waals surface area (Å²) in [5.41, 5.74) is 10.1. The molecule has 0 saturated carbocycles. The highest BCUT2D eigenvalue weighted by Gasteiger charge is 2.15. The van der Waals surface area contributed by atoms with Gasteiger partial charge in [0.2, 0.25) is 0 Å². The highest BCUT2D eigenvalue weighted by molar-refractivity contribution is 6.14. The summed E-state index contributed by atoms with van der Waals surface area (Å²) in [5, 5.41) is 20.1. The van der Waals surface area contributed by atoms with Gasteiger partial charge in [-0.1, -0.05) is 6.07 Å². The van der Waals surface area contributed by atoms with Gasteiger partial charge in [-0.05, 0) is 55.8 Å². The van der Waals surface area contributed by atoms with Gasteiger partial charge >= 0.3 is 0 Å². The van der Waals surface area contributed by atoms with Crippen LogP contribution in [0.5, 0.6) is 0 Å². The lowest BCUT2D eigenvalue weighted by molar-refractivity contribution is 0.102. The normalized spacial score (nSPS) is 10.2. The van der Waals surface area contributed by atoms with Gasteiger partial charge in [-0.3, -0.25) is 15.2 Å². The van der Waals surface area contributed by atoms with Gasteiger partial charge in [-0.2, -0.15) is 5.26 Å². The fourth-order valence-electron chi connectivity index (χ4n) is 2.73. The van der Waals surface area contributed by atoms with E-state index in [0.29, 0.717) is 33.8 Å². The molecule has 0 aliphatic rings. The molecule has 0 bridgehead atoms. The van der Waals surface area contributed by atoms with Crippen molar-refractivity contribution in [1.29, 1.82) is 10.7 Å². The van der Waals surface area contributed by atoms with Gasteiger partial charge in [-0.25, -0.2) is 4.98 Å². The van der Waals surface area contributed by atoms with Crippen LogP contribution in [0.4, 0.5) is 11.4 Å². The lowest BCUT2D eigenvalue weighted by Crippen LogP contribution is -2.16. The Hall–Kier alpha value is -4.05. The molecule has 0 saturated heterocycles. The number of pyridine rings is 2. The second-order valence-corrected chi connectivity index (χ2v) is 6.30. The smallest absolute Gasteiger partial charge is 0.274 e. The van der Waals surface area contributed by atoms with E-state index in [4.69, 9.17) is 16.4 Å². The zero-order valence-electron chi connectivity index (χ0n) is 15.4. The van der Waals surface area contributed by atoms with Crippen molar-refractivity contribution in [2.45, 2.75) is 13.8 Å². The predicted octanol–water partition coefficient (Wildman–Crippen LogP) is 3.22. The Morgan fingerprint density at radius 3 is 2.68 bits per heavy atom. The first-order valence-corrected chi connectivity index (χ1v) is 8.49. The van der Waals surface area contributed by atoms with Gasteiger partial charge < -0.3 is 11.1 Å². The third-order valence-corrected chi connectivity index (χ3v) is 4.15. The number of hydrogen-bond acceptors (Lipinski definition) is 6. The van der Waals surface area contributed by atoms with Crippen LogP contribution in [0.25, 0.3) is 0 Å². The van der Waals surface area contributed by atoms with Crippen molar-refractivity contribution < 1.29 is 4.79 Å². The molecular formula is C21H18N6O. The lowest BCUT2D eigenvalue weighted by atomic mass is 10.0. The average Bonchev–Trinajstić information content (AvgIpc) is 2.68. The van der Waals surface area contributed by atoms with Crippen LogP contribution in [0.3, 0.4) is 0 Å². The maximum absolute atomic E-state index is 12.6. The molecular weight excluding hydrogens is 352 g/mol. The molecule has 28 heavy (non-hydrogen) atoms. The second kappa shape index (κ2) is 7.68. The van der Waals surface area contributed by atoms with Crippen LogP contribution in [0, 0.1) is 30.6 Å². The van der Waals surface area contributed by atoms with Gasteiger partial charge in [0.05, 0.1) is 17.0 Å². The van der Waals surface area contributed by atoms with Crippen LogP contribution in [0.2, 0.25) is 0 Å². The molecule has 4 N–H and O–H groups in total. The molecule has 7 nitrogen and oxygen atoms in total. The predicted molar refractivity (Wildman–Crippen MR) is 107 cm³/mol. The van der Waals surface area contributed by atoms with Gasteiger partial charge in [0, 0.05) is 28.8 Å². The van der Waals surface area contributed by atoms with Crippen LogP contribution in [-0.2, 0) is 0 Å². The SMILES string of the molecule is Cc1cccc(C(=N)c2cc(NC(=O)c3ncc(C#N)cc3C)ccc2N)n1. The van der Waals surface area contributed by atoms with Gasteiger partial charge in [0.25, 0.3) is 5.91 Å². The van der Waals surface area contributed by atoms with Gasteiger partial charge in [0.15, 0.2) is 0 Å². The van der Waals surface area contributed by atoms with Crippen molar-refractivity contribution in [2.24, 2.45) is 0 Å². The van der Waals surface area contributed by atoms with Gasteiger partial charge in [0.1, 0.15) is 11.8 Å². The molecule has 7 heteroatoms. The van der Waals surface area contributed by atoms with Crippen molar-refractivity contribution in [2.75, 3.05) is 11.1 Å². The number of rotatable bonds is 4. The molecule has 2 heterocycles. The Labute approximate surface area is 162 Å². The van der Waals surface area contributed by atoms with Crippen LogP contribution in [-0.4, -0.2) is 21.6 Å². The number of nitrogens with zero attached hydrogens (tertiary/aromatic N) is 3. The van der Waals surface area contributed by atoms with E-state index in [2.05, 4.69) is 15.3 Å². The summed E-state index contributed by atoms with van der Waals surface area (Å²) < 4.78 is 0. The monoisotopic (exact) mass is 370 g/mol. The van der Waals surface area contributed by atoms with Crippen molar-refractivity contribution >= 4 is 23.0 Å². The zero-order chi connectivity index (χ0) is 20.3. The van der Waals surface area contributed by atoms with E-state index >= 15 is 0 Å². The van der Waals surface area contributed by atoms with Crippen LogP contribution in [0.15, 0.2) is 48.7 Å². The molecule has 0 radical (unpaired) electrons. The molecule has 3 rings (SSSR count). The Morgan fingerprint density at radius 1 is 1.21 bits per heavy atom. The maximum atomic E-state index is 12.6. The summed E-state index contributed by atoms with van der Waals surface area (Å²) in [4.78, 5) is 21.0. The molecule has 0 atom stereocenters. The first kappa shape index (κ1) is 18.7. The number of benzene rings is 1. The Balaban J connectivity index is 1.88. The number of aromatic nitrogens is 2. The second-order valence-electron chi connectivity index (χ2n) is 6.30. The molecule has 0 aliphatic heterocycles. The number of nitriles is 1. The van der Waals surface area contributed by atoms with Crippen molar-refractivity contribution in [3.8, 4) is 6.07 Å². The quantitative estimate of drug-likeness (QED) is 0.480. The third kappa shape index (κ3) is 3.86. The van der Waals surface area contributed by atoms with E-state index in [0.717, 1.165) is 5.69 Å². The van der Waals surface area contributed by atoms with E-state index in [1.165, 1.54) is 6.20 Å². The molecule has 0 unspecified atom stereocenters. The van der Waals surface area contributed by atoms with E-state index in [1.54, 1.807) is 37.3 Å². The maximum Gasteiger partial charge on any atom is 0.274 e. The molecule has 1 amide bonds. The van der Waals surface area contributed by atoms with E-state index in [-0.39, 0.29) is 11.4 Å². The summed E-state index contributed by atoms with van der Waals surface area (Å²) >= 11 is 0. The Morgan fingerprint density at radius 2 is 2.00 bits per heavy atom. The van der Waals surface area contributed by atoms with Crippen LogP contribution < -0.4 is 11.1 Å². The summed E-state index contributed by atoms with van der Waals surface area (Å²) in [6.45, 7) is 3.57. The highest BCUT2D eigenvalue weighted by atomic mass is 16.1. The van der Waals surface area contributed by atoms with Crippen LogP contribution in [0.1, 0.15) is 38.6 Å². The van der Waals surface area contributed by atoms with Crippen molar-refractivity contribution in [3.05, 3.63) is 82.4 Å².